The molecule has 0 saturated carbocycles. The number of carbonyl (C=O) groups is 2. The number of hydrogen-bond acceptors (Lipinski definition) is 3. The third-order valence-corrected chi connectivity index (χ3v) is 6.16. The molecule has 154 valence electrons. The molecular formula is C23H28ClN3O2. The number of aryl methyl sites for hydroxylation is 2. The van der Waals surface area contributed by atoms with Crippen molar-refractivity contribution in [3.05, 3.63) is 58.7 Å². The summed E-state index contributed by atoms with van der Waals surface area (Å²) < 4.78 is 0. The zero-order valence-electron chi connectivity index (χ0n) is 16.9. The monoisotopic (exact) mass is 413 g/mol. The van der Waals surface area contributed by atoms with Crippen molar-refractivity contribution in [2.24, 2.45) is 5.92 Å². The molecule has 1 heterocycles. The van der Waals surface area contributed by atoms with Crippen LogP contribution in [0.15, 0.2) is 36.4 Å². The van der Waals surface area contributed by atoms with Gasteiger partial charge in [-0.15, -0.1) is 12.4 Å². The van der Waals surface area contributed by atoms with E-state index in [0.29, 0.717) is 6.54 Å². The van der Waals surface area contributed by atoms with Gasteiger partial charge in [0.15, 0.2) is 0 Å². The molecule has 1 aliphatic carbocycles. The zero-order valence-corrected chi connectivity index (χ0v) is 17.7. The number of anilines is 2. The van der Waals surface area contributed by atoms with E-state index < -0.39 is 0 Å². The zero-order chi connectivity index (χ0) is 19.8. The van der Waals surface area contributed by atoms with Crippen LogP contribution in [0.5, 0.6) is 0 Å². The Hall–Kier alpha value is -2.53. The second-order valence-corrected chi connectivity index (χ2v) is 8.04. The maximum Gasteiger partial charge on any atom is 0.227 e. The summed E-state index contributed by atoms with van der Waals surface area (Å²) in [6, 6.07) is 11.9. The Labute approximate surface area is 178 Å². The molecule has 2 amide bonds. The molecule has 0 spiro atoms. The van der Waals surface area contributed by atoms with E-state index in [-0.39, 0.29) is 42.6 Å². The van der Waals surface area contributed by atoms with Crippen molar-refractivity contribution in [1.82, 2.24) is 5.32 Å². The highest BCUT2D eigenvalue weighted by atomic mass is 35.5. The maximum atomic E-state index is 12.9. The van der Waals surface area contributed by atoms with E-state index in [4.69, 9.17) is 5.73 Å². The van der Waals surface area contributed by atoms with Crippen LogP contribution in [0.3, 0.4) is 0 Å². The molecule has 6 heteroatoms. The Morgan fingerprint density at radius 2 is 2.00 bits per heavy atom. The van der Waals surface area contributed by atoms with Gasteiger partial charge in [0, 0.05) is 24.3 Å². The summed E-state index contributed by atoms with van der Waals surface area (Å²) in [6.07, 6.45) is 3.21. The molecule has 0 bridgehead atoms. The van der Waals surface area contributed by atoms with Gasteiger partial charge in [-0.3, -0.25) is 9.59 Å². The first kappa shape index (κ1) is 21.2. The molecule has 1 saturated heterocycles. The molecule has 1 aliphatic heterocycles. The SMILES string of the molecule is Cc1cccc(N2CC(C(=O)NC3CCCc4cc(N)ccc43)CC2=O)c1C.Cl. The average molecular weight is 414 g/mol. The summed E-state index contributed by atoms with van der Waals surface area (Å²) in [7, 11) is 0. The molecule has 0 radical (unpaired) electrons. The van der Waals surface area contributed by atoms with Crippen LogP contribution in [0.25, 0.3) is 0 Å². The second-order valence-electron chi connectivity index (χ2n) is 8.04. The quantitative estimate of drug-likeness (QED) is 0.750. The fraction of sp³-hybridized carbons (Fsp3) is 0.391. The Morgan fingerprint density at radius 1 is 1.21 bits per heavy atom. The van der Waals surface area contributed by atoms with E-state index in [2.05, 4.69) is 5.32 Å². The van der Waals surface area contributed by atoms with Gasteiger partial charge in [-0.1, -0.05) is 18.2 Å². The van der Waals surface area contributed by atoms with Crippen molar-refractivity contribution in [3.8, 4) is 0 Å². The second kappa shape index (κ2) is 8.46. The van der Waals surface area contributed by atoms with Gasteiger partial charge in [0.1, 0.15) is 0 Å². The van der Waals surface area contributed by atoms with Crippen molar-refractivity contribution in [1.29, 1.82) is 0 Å². The summed E-state index contributed by atoms with van der Waals surface area (Å²) >= 11 is 0. The van der Waals surface area contributed by atoms with Crippen LogP contribution in [0.2, 0.25) is 0 Å². The molecule has 1 fully saturated rings. The highest BCUT2D eigenvalue weighted by Gasteiger charge is 2.37. The molecule has 29 heavy (non-hydrogen) atoms. The smallest absolute Gasteiger partial charge is 0.227 e. The molecule has 2 unspecified atom stereocenters. The predicted octanol–water partition coefficient (Wildman–Crippen LogP) is 3.85. The molecule has 0 aromatic heterocycles. The van der Waals surface area contributed by atoms with Crippen molar-refractivity contribution < 1.29 is 9.59 Å². The minimum Gasteiger partial charge on any atom is -0.399 e. The number of nitrogens with two attached hydrogens (primary N) is 1. The standard InChI is InChI=1S/C23H27N3O2.ClH/c1-14-5-3-8-21(15(14)2)26-13-17(12-22(26)27)23(28)25-20-7-4-6-16-11-18(24)9-10-19(16)20;/h3,5,8-11,17,20H,4,6-7,12-13,24H2,1-2H3,(H,25,28);1H. The number of hydrogen-bond donors (Lipinski definition) is 2. The van der Waals surface area contributed by atoms with Crippen molar-refractivity contribution >= 4 is 35.6 Å². The minimum atomic E-state index is -0.313. The van der Waals surface area contributed by atoms with Crippen molar-refractivity contribution in [2.45, 2.75) is 45.6 Å². The molecule has 5 nitrogen and oxygen atoms in total. The highest BCUT2D eigenvalue weighted by Crippen LogP contribution is 2.33. The largest absolute Gasteiger partial charge is 0.399 e. The van der Waals surface area contributed by atoms with Gasteiger partial charge in [0.25, 0.3) is 0 Å². The lowest BCUT2D eigenvalue weighted by molar-refractivity contribution is -0.127. The lowest BCUT2D eigenvalue weighted by atomic mass is 9.87. The predicted molar refractivity (Wildman–Crippen MR) is 118 cm³/mol. The van der Waals surface area contributed by atoms with Gasteiger partial charge in [0.05, 0.1) is 12.0 Å². The third kappa shape index (κ3) is 4.10. The van der Waals surface area contributed by atoms with Crippen molar-refractivity contribution in [2.75, 3.05) is 17.2 Å². The summed E-state index contributed by atoms with van der Waals surface area (Å²) in [5.74, 6) is -0.326. The molecule has 3 N–H and O–H groups in total. The van der Waals surface area contributed by atoms with Crippen LogP contribution in [0, 0.1) is 19.8 Å². The van der Waals surface area contributed by atoms with Crippen LogP contribution in [-0.4, -0.2) is 18.4 Å². The number of nitrogen functional groups attached to an aromatic ring is 1. The lowest BCUT2D eigenvalue weighted by Gasteiger charge is -2.27. The number of nitrogens with zero attached hydrogens (tertiary/aromatic N) is 1. The first-order chi connectivity index (χ1) is 13.4. The van der Waals surface area contributed by atoms with Gasteiger partial charge in [-0.05, 0) is 73.6 Å². The Balaban J connectivity index is 0.00000240. The first-order valence-corrected chi connectivity index (χ1v) is 9.99. The van der Waals surface area contributed by atoms with E-state index in [1.807, 2.05) is 50.2 Å². The van der Waals surface area contributed by atoms with E-state index in [9.17, 15) is 9.59 Å². The van der Waals surface area contributed by atoms with Crippen LogP contribution in [0.4, 0.5) is 11.4 Å². The fourth-order valence-electron chi connectivity index (χ4n) is 4.42. The normalized spacial score (nSPS) is 20.8. The van der Waals surface area contributed by atoms with Crippen LogP contribution in [0.1, 0.15) is 47.6 Å². The van der Waals surface area contributed by atoms with Crippen LogP contribution >= 0.6 is 12.4 Å². The molecule has 2 atom stereocenters. The van der Waals surface area contributed by atoms with Gasteiger partial charge >= 0.3 is 0 Å². The number of benzene rings is 2. The minimum absolute atomic E-state index is 0. The number of fused-ring (bicyclic) bond motifs is 1. The Bertz CT molecular complexity index is 944. The number of carbonyl (C=O) groups excluding carboxylic acids is 2. The summed E-state index contributed by atoms with van der Waals surface area (Å²) in [5.41, 5.74) is 12.2. The summed E-state index contributed by atoms with van der Waals surface area (Å²) in [4.78, 5) is 27.3. The molecule has 2 aliphatic rings. The van der Waals surface area contributed by atoms with E-state index in [0.717, 1.165) is 47.3 Å². The average Bonchev–Trinajstić information content (AvgIpc) is 3.05. The van der Waals surface area contributed by atoms with Gasteiger partial charge in [-0.25, -0.2) is 0 Å². The van der Waals surface area contributed by atoms with Gasteiger partial charge in [-0.2, -0.15) is 0 Å². The maximum absolute atomic E-state index is 12.9. The molecular weight excluding hydrogens is 386 g/mol. The van der Waals surface area contributed by atoms with Crippen LogP contribution < -0.4 is 16.0 Å². The molecule has 4 rings (SSSR count). The summed E-state index contributed by atoms with van der Waals surface area (Å²) in [6.45, 7) is 4.50. The molecule has 2 aromatic rings. The van der Waals surface area contributed by atoms with E-state index in [1.165, 1.54) is 5.56 Å². The van der Waals surface area contributed by atoms with E-state index in [1.54, 1.807) is 4.90 Å². The number of nitrogens with one attached hydrogen (secondary N) is 1. The summed E-state index contributed by atoms with van der Waals surface area (Å²) in [5, 5.41) is 3.20. The third-order valence-electron chi connectivity index (χ3n) is 6.16. The number of halogens is 1. The van der Waals surface area contributed by atoms with Crippen LogP contribution in [-0.2, 0) is 16.0 Å². The molecule has 2 aromatic carbocycles. The van der Waals surface area contributed by atoms with Gasteiger partial charge < -0.3 is 16.0 Å². The van der Waals surface area contributed by atoms with Crippen molar-refractivity contribution in [3.63, 3.8) is 0 Å². The first-order valence-electron chi connectivity index (χ1n) is 9.99. The Kier molecular flexibility index (Phi) is 6.18. The number of rotatable bonds is 3. The Morgan fingerprint density at radius 3 is 2.79 bits per heavy atom. The number of amides is 2. The highest BCUT2D eigenvalue weighted by molar-refractivity contribution is 6.01. The lowest BCUT2D eigenvalue weighted by Crippen LogP contribution is -2.37. The topological polar surface area (TPSA) is 75.4 Å². The van der Waals surface area contributed by atoms with E-state index >= 15 is 0 Å². The van der Waals surface area contributed by atoms with Gasteiger partial charge in [0.2, 0.25) is 11.8 Å². The fourth-order valence-corrected chi connectivity index (χ4v) is 4.42.